The minimum atomic E-state index is 0.214. The summed E-state index contributed by atoms with van der Waals surface area (Å²) in [6.07, 6.45) is 0.690. The Balaban J connectivity index is 3.27. The molecule has 2 nitrogen and oxygen atoms in total. The van der Waals surface area contributed by atoms with Crippen LogP contribution in [0.3, 0.4) is 0 Å². The summed E-state index contributed by atoms with van der Waals surface area (Å²) < 4.78 is 0. The van der Waals surface area contributed by atoms with E-state index in [1.165, 1.54) is 0 Å². The van der Waals surface area contributed by atoms with Crippen molar-refractivity contribution in [1.82, 2.24) is 0 Å². The molecule has 0 aliphatic carbocycles. The van der Waals surface area contributed by atoms with Crippen molar-refractivity contribution in [2.75, 3.05) is 0 Å². The Morgan fingerprint density at radius 2 is 2.27 bits per heavy atom. The van der Waals surface area contributed by atoms with E-state index in [0.29, 0.717) is 12.0 Å². The molecule has 1 rings (SSSR count). The highest BCUT2D eigenvalue weighted by molar-refractivity contribution is 5.45. The molecule has 0 saturated heterocycles. The number of benzene rings is 1. The van der Waals surface area contributed by atoms with Gasteiger partial charge in [-0.25, -0.2) is 0 Å². The smallest absolute Gasteiger partial charge is 0.120 e. The van der Waals surface area contributed by atoms with E-state index < -0.39 is 0 Å². The Hall–Kier alpha value is -1.49. The summed E-state index contributed by atoms with van der Waals surface area (Å²) in [6.45, 7) is 1.91. The topological polar surface area (TPSA) is 44.0 Å². The predicted octanol–water partition coefficient (Wildman–Crippen LogP) is 1.83. The Labute approximate surface area is 65.7 Å². The van der Waals surface area contributed by atoms with Crippen LogP contribution in [0.15, 0.2) is 18.2 Å². The van der Waals surface area contributed by atoms with E-state index in [1.54, 1.807) is 18.2 Å². The lowest BCUT2D eigenvalue weighted by molar-refractivity contribution is 0.468. The summed E-state index contributed by atoms with van der Waals surface area (Å²) in [7, 11) is 0. The van der Waals surface area contributed by atoms with Crippen molar-refractivity contribution in [1.29, 1.82) is 5.26 Å². The number of nitriles is 1. The van der Waals surface area contributed by atoms with Gasteiger partial charge in [0.05, 0.1) is 11.6 Å². The molecule has 0 aromatic heterocycles. The molecule has 0 radical (unpaired) electrons. The molecule has 0 atom stereocenters. The molecule has 2 heteroatoms. The molecule has 1 aromatic carbocycles. The van der Waals surface area contributed by atoms with Gasteiger partial charge in [0.1, 0.15) is 5.75 Å². The van der Waals surface area contributed by atoms with Crippen LogP contribution < -0.4 is 0 Å². The highest BCUT2D eigenvalue weighted by Crippen LogP contribution is 2.20. The van der Waals surface area contributed by atoms with Gasteiger partial charge in [0.15, 0.2) is 0 Å². The molecule has 1 aromatic rings. The molecule has 56 valence electrons. The Morgan fingerprint density at radius 1 is 1.55 bits per heavy atom. The maximum Gasteiger partial charge on any atom is 0.120 e. The summed E-state index contributed by atoms with van der Waals surface area (Å²) in [4.78, 5) is 0. The van der Waals surface area contributed by atoms with E-state index >= 15 is 0 Å². The lowest BCUT2D eigenvalue weighted by Crippen LogP contribution is -1.86. The van der Waals surface area contributed by atoms with Crippen molar-refractivity contribution < 1.29 is 5.11 Å². The first-order valence-electron chi connectivity index (χ1n) is 3.50. The van der Waals surface area contributed by atoms with Crippen LogP contribution in [0, 0.1) is 11.3 Å². The van der Waals surface area contributed by atoms with E-state index in [1.807, 2.05) is 13.0 Å². The van der Waals surface area contributed by atoms with Crippen LogP contribution in [0.1, 0.15) is 18.1 Å². The first-order valence-corrected chi connectivity index (χ1v) is 3.50. The summed E-state index contributed by atoms with van der Waals surface area (Å²) in [6, 6.07) is 7.00. The maximum absolute atomic E-state index is 9.27. The standard InChI is InChI=1S/C9H9NO/c1-2-8-7(6-10)4-3-5-9(8)11/h3-5,11H,2H2,1H3. The van der Waals surface area contributed by atoms with Gasteiger partial charge >= 0.3 is 0 Å². The lowest BCUT2D eigenvalue weighted by atomic mass is 10.1. The highest BCUT2D eigenvalue weighted by atomic mass is 16.3. The van der Waals surface area contributed by atoms with Crippen molar-refractivity contribution in [2.24, 2.45) is 0 Å². The van der Waals surface area contributed by atoms with Gasteiger partial charge in [0, 0.05) is 5.56 Å². The third kappa shape index (κ3) is 1.32. The number of phenols is 1. The monoisotopic (exact) mass is 147 g/mol. The van der Waals surface area contributed by atoms with E-state index in [0.717, 1.165) is 5.56 Å². The number of rotatable bonds is 1. The van der Waals surface area contributed by atoms with Gasteiger partial charge in [-0.15, -0.1) is 0 Å². The minimum Gasteiger partial charge on any atom is -0.508 e. The molecule has 0 unspecified atom stereocenters. The summed E-state index contributed by atoms with van der Waals surface area (Å²) in [5, 5.41) is 17.9. The van der Waals surface area contributed by atoms with Crippen molar-refractivity contribution >= 4 is 0 Å². The van der Waals surface area contributed by atoms with Gasteiger partial charge in [-0.3, -0.25) is 0 Å². The second-order valence-electron chi connectivity index (χ2n) is 2.27. The molecule has 0 spiro atoms. The predicted molar refractivity (Wildman–Crippen MR) is 42.2 cm³/mol. The van der Waals surface area contributed by atoms with Crippen LogP contribution in [0.2, 0.25) is 0 Å². The molecular weight excluding hydrogens is 138 g/mol. The largest absolute Gasteiger partial charge is 0.508 e. The first-order chi connectivity index (χ1) is 5.29. The zero-order valence-electron chi connectivity index (χ0n) is 6.33. The van der Waals surface area contributed by atoms with E-state index in [9.17, 15) is 5.11 Å². The van der Waals surface area contributed by atoms with Crippen LogP contribution in [0.5, 0.6) is 5.75 Å². The average Bonchev–Trinajstić information content (AvgIpc) is 2.04. The molecule has 1 N–H and O–H groups in total. The van der Waals surface area contributed by atoms with Crippen LogP contribution in [0.25, 0.3) is 0 Å². The maximum atomic E-state index is 9.27. The fourth-order valence-corrected chi connectivity index (χ4v) is 1.05. The second kappa shape index (κ2) is 3.07. The van der Waals surface area contributed by atoms with E-state index in [-0.39, 0.29) is 5.75 Å². The van der Waals surface area contributed by atoms with Gasteiger partial charge in [0.2, 0.25) is 0 Å². The van der Waals surface area contributed by atoms with Crippen molar-refractivity contribution in [2.45, 2.75) is 13.3 Å². The molecule has 0 aliphatic rings. The second-order valence-corrected chi connectivity index (χ2v) is 2.27. The van der Waals surface area contributed by atoms with Gasteiger partial charge in [-0.05, 0) is 18.6 Å². The minimum absolute atomic E-state index is 0.214. The zero-order valence-corrected chi connectivity index (χ0v) is 6.33. The quantitative estimate of drug-likeness (QED) is 0.658. The molecule has 11 heavy (non-hydrogen) atoms. The average molecular weight is 147 g/mol. The first kappa shape index (κ1) is 7.62. The van der Waals surface area contributed by atoms with Gasteiger partial charge < -0.3 is 5.11 Å². The van der Waals surface area contributed by atoms with Crippen LogP contribution in [-0.4, -0.2) is 5.11 Å². The molecule has 0 aliphatic heterocycles. The third-order valence-corrected chi connectivity index (χ3v) is 1.63. The summed E-state index contributed by atoms with van der Waals surface area (Å²) >= 11 is 0. The SMILES string of the molecule is CCc1c(O)cccc1C#N. The Kier molecular flexibility index (Phi) is 2.12. The normalized spacial score (nSPS) is 9.09. The Bertz CT molecular complexity index is 299. The van der Waals surface area contributed by atoms with Crippen molar-refractivity contribution in [3.05, 3.63) is 29.3 Å². The fraction of sp³-hybridized carbons (Fsp3) is 0.222. The van der Waals surface area contributed by atoms with E-state index in [2.05, 4.69) is 0 Å². The molecule has 0 amide bonds. The molecule has 0 fully saturated rings. The number of phenolic OH excluding ortho intramolecular Hbond substituents is 1. The third-order valence-electron chi connectivity index (χ3n) is 1.63. The molecular formula is C9H9NO. The number of hydrogen-bond acceptors (Lipinski definition) is 2. The number of aromatic hydroxyl groups is 1. The lowest BCUT2D eigenvalue weighted by Gasteiger charge is -2.01. The van der Waals surface area contributed by atoms with Gasteiger partial charge in [-0.1, -0.05) is 13.0 Å². The molecule has 0 saturated carbocycles. The fourth-order valence-electron chi connectivity index (χ4n) is 1.05. The Morgan fingerprint density at radius 3 is 2.73 bits per heavy atom. The number of nitrogens with zero attached hydrogens (tertiary/aromatic N) is 1. The van der Waals surface area contributed by atoms with Crippen molar-refractivity contribution in [3.63, 3.8) is 0 Å². The van der Waals surface area contributed by atoms with Gasteiger partial charge in [0.25, 0.3) is 0 Å². The van der Waals surface area contributed by atoms with Gasteiger partial charge in [-0.2, -0.15) is 5.26 Å². The highest BCUT2D eigenvalue weighted by Gasteiger charge is 2.03. The zero-order chi connectivity index (χ0) is 8.27. The number of hydrogen-bond donors (Lipinski definition) is 1. The summed E-state index contributed by atoms with van der Waals surface area (Å²) in [5.41, 5.74) is 1.29. The van der Waals surface area contributed by atoms with Crippen LogP contribution >= 0.6 is 0 Å². The van der Waals surface area contributed by atoms with Crippen LogP contribution in [0.4, 0.5) is 0 Å². The molecule has 0 bridgehead atoms. The van der Waals surface area contributed by atoms with E-state index in [4.69, 9.17) is 5.26 Å². The van der Waals surface area contributed by atoms with Crippen molar-refractivity contribution in [3.8, 4) is 11.8 Å². The van der Waals surface area contributed by atoms with Crippen LogP contribution in [-0.2, 0) is 6.42 Å². The molecule has 0 heterocycles. The summed E-state index contributed by atoms with van der Waals surface area (Å²) in [5.74, 6) is 0.214.